The summed E-state index contributed by atoms with van der Waals surface area (Å²) in [5, 5.41) is 4.08. The van der Waals surface area contributed by atoms with Gasteiger partial charge in [-0.3, -0.25) is 4.79 Å². The summed E-state index contributed by atoms with van der Waals surface area (Å²) in [7, 11) is 0. The molecular weight excluding hydrogens is 261 g/mol. The van der Waals surface area contributed by atoms with Gasteiger partial charge in [0.05, 0.1) is 10.7 Å². The third kappa shape index (κ3) is 2.33. The van der Waals surface area contributed by atoms with Gasteiger partial charge in [0.1, 0.15) is 5.69 Å². The molecule has 0 fully saturated rings. The fourth-order valence-electron chi connectivity index (χ4n) is 1.44. The molecule has 2 aromatic heterocycles. The van der Waals surface area contributed by atoms with Crippen LogP contribution in [0.15, 0.2) is 24.4 Å². The molecule has 0 saturated carbocycles. The summed E-state index contributed by atoms with van der Waals surface area (Å²) < 4.78 is 1.37. The maximum absolute atomic E-state index is 11.3. The molecule has 2 rings (SSSR count). The molecule has 0 atom stereocenters. The summed E-state index contributed by atoms with van der Waals surface area (Å²) in [4.78, 5) is 15.4. The number of aryl methyl sites for hydroxylation is 1. The van der Waals surface area contributed by atoms with Gasteiger partial charge in [-0.1, -0.05) is 18.5 Å². The first-order valence-corrected chi connectivity index (χ1v) is 5.78. The maximum Gasteiger partial charge on any atom is 0.271 e. The molecule has 17 heavy (non-hydrogen) atoms. The molecule has 2 aromatic rings. The van der Waals surface area contributed by atoms with Gasteiger partial charge in [-0.05, 0) is 36.2 Å². The van der Waals surface area contributed by atoms with Crippen LogP contribution >= 0.6 is 23.2 Å². The molecule has 0 N–H and O–H groups in total. The van der Waals surface area contributed by atoms with Crippen molar-refractivity contribution < 1.29 is 4.79 Å². The number of pyridine rings is 1. The van der Waals surface area contributed by atoms with Gasteiger partial charge in [-0.25, -0.2) is 9.67 Å². The van der Waals surface area contributed by atoms with E-state index in [-0.39, 0.29) is 5.69 Å². The molecule has 0 aliphatic carbocycles. The number of rotatable bonds is 3. The van der Waals surface area contributed by atoms with Crippen LogP contribution in [0.3, 0.4) is 0 Å². The number of carbonyl (C=O) groups excluding carboxylic acids is 1. The number of carbonyl (C=O) groups is 1. The molecule has 0 spiro atoms. The molecule has 0 amide bonds. The highest BCUT2D eigenvalue weighted by Crippen LogP contribution is 2.20. The van der Waals surface area contributed by atoms with Crippen LogP contribution in [0.4, 0.5) is 0 Å². The van der Waals surface area contributed by atoms with Crippen LogP contribution in [0.25, 0.3) is 5.82 Å². The number of hydrogen-bond acceptors (Lipinski definition) is 3. The maximum atomic E-state index is 11.3. The fourth-order valence-corrected chi connectivity index (χ4v) is 1.77. The van der Waals surface area contributed by atoms with Crippen LogP contribution in [0.1, 0.15) is 23.1 Å². The lowest BCUT2D eigenvalue weighted by Gasteiger charge is -2.04. The zero-order valence-corrected chi connectivity index (χ0v) is 10.5. The summed E-state index contributed by atoms with van der Waals surface area (Å²) in [6, 6.07) is 5.03. The molecule has 0 aromatic carbocycles. The number of nitrogens with zero attached hydrogens (tertiary/aromatic N) is 3. The third-order valence-electron chi connectivity index (χ3n) is 2.26. The van der Waals surface area contributed by atoms with Crippen LogP contribution in [-0.4, -0.2) is 20.0 Å². The van der Waals surface area contributed by atoms with E-state index in [4.69, 9.17) is 23.2 Å². The summed E-state index contributed by atoms with van der Waals surface area (Å²) in [6.07, 6.45) is 2.28. The van der Waals surface area contributed by atoms with E-state index in [0.717, 1.165) is 5.69 Å². The molecule has 4 nitrogen and oxygen atoms in total. The number of aromatic nitrogens is 3. The fraction of sp³-hybridized carbons (Fsp3) is 0.182. The quantitative estimate of drug-likeness (QED) is 0.806. The van der Waals surface area contributed by atoms with E-state index in [1.54, 1.807) is 24.4 Å². The van der Waals surface area contributed by atoms with E-state index in [1.165, 1.54) is 4.68 Å². The van der Waals surface area contributed by atoms with E-state index >= 15 is 0 Å². The van der Waals surface area contributed by atoms with Gasteiger partial charge >= 0.3 is 0 Å². The summed E-state index contributed by atoms with van der Waals surface area (Å²) in [6.45, 7) is 1.94. The second kappa shape index (κ2) is 4.85. The van der Waals surface area contributed by atoms with Gasteiger partial charge in [0.15, 0.2) is 5.82 Å². The van der Waals surface area contributed by atoms with Gasteiger partial charge in [-0.2, -0.15) is 5.10 Å². The molecule has 0 unspecified atom stereocenters. The molecule has 0 aliphatic heterocycles. The SMILES string of the molecule is CCc1cc(C(=O)Cl)n(-c2ncccc2Cl)n1. The van der Waals surface area contributed by atoms with Crippen LogP contribution < -0.4 is 0 Å². The molecule has 2 heterocycles. The highest BCUT2D eigenvalue weighted by Gasteiger charge is 2.16. The Morgan fingerprint density at radius 1 is 1.53 bits per heavy atom. The first kappa shape index (κ1) is 12.1. The Labute approximate surface area is 108 Å². The normalized spacial score (nSPS) is 10.5. The van der Waals surface area contributed by atoms with Crippen LogP contribution in [-0.2, 0) is 6.42 Å². The van der Waals surface area contributed by atoms with Gasteiger partial charge < -0.3 is 0 Å². The van der Waals surface area contributed by atoms with Crippen molar-refractivity contribution in [2.24, 2.45) is 0 Å². The van der Waals surface area contributed by atoms with Crippen molar-refractivity contribution in [3.63, 3.8) is 0 Å². The number of hydrogen-bond donors (Lipinski definition) is 0. The topological polar surface area (TPSA) is 47.8 Å². The Hall–Kier alpha value is -1.39. The Bertz CT molecular complexity index is 566. The van der Waals surface area contributed by atoms with Crippen molar-refractivity contribution in [1.82, 2.24) is 14.8 Å². The Kier molecular flexibility index (Phi) is 3.45. The molecule has 0 bridgehead atoms. The molecule has 0 saturated heterocycles. The van der Waals surface area contributed by atoms with Crippen molar-refractivity contribution in [1.29, 1.82) is 0 Å². The van der Waals surface area contributed by atoms with E-state index in [0.29, 0.717) is 17.3 Å². The molecular formula is C11H9Cl2N3O. The second-order valence-electron chi connectivity index (χ2n) is 3.37. The minimum absolute atomic E-state index is 0.268. The first-order valence-electron chi connectivity index (χ1n) is 5.03. The van der Waals surface area contributed by atoms with E-state index in [1.807, 2.05) is 6.92 Å². The molecule has 6 heteroatoms. The van der Waals surface area contributed by atoms with Gasteiger partial charge in [-0.15, -0.1) is 0 Å². The zero-order chi connectivity index (χ0) is 12.4. The zero-order valence-electron chi connectivity index (χ0n) is 9.02. The van der Waals surface area contributed by atoms with Crippen molar-refractivity contribution in [2.45, 2.75) is 13.3 Å². The average Bonchev–Trinajstić information content (AvgIpc) is 2.73. The lowest BCUT2D eigenvalue weighted by molar-refractivity contribution is 0.107. The van der Waals surface area contributed by atoms with Crippen LogP contribution in [0.5, 0.6) is 0 Å². The minimum Gasteiger partial charge on any atom is -0.274 e. The van der Waals surface area contributed by atoms with E-state index in [2.05, 4.69) is 10.1 Å². The van der Waals surface area contributed by atoms with E-state index < -0.39 is 5.24 Å². The number of halogens is 2. The summed E-state index contributed by atoms with van der Waals surface area (Å²) in [5.74, 6) is 0.401. The monoisotopic (exact) mass is 269 g/mol. The summed E-state index contributed by atoms with van der Waals surface area (Å²) in [5.41, 5.74) is 1.03. The molecule has 0 radical (unpaired) electrons. The minimum atomic E-state index is -0.584. The molecule has 0 aliphatic rings. The molecule has 88 valence electrons. The highest BCUT2D eigenvalue weighted by molar-refractivity contribution is 6.67. The van der Waals surface area contributed by atoms with Crippen LogP contribution in [0, 0.1) is 0 Å². The third-order valence-corrected chi connectivity index (χ3v) is 2.75. The van der Waals surface area contributed by atoms with Crippen molar-refractivity contribution in [3.8, 4) is 5.82 Å². The van der Waals surface area contributed by atoms with Gasteiger partial charge in [0.25, 0.3) is 5.24 Å². The largest absolute Gasteiger partial charge is 0.274 e. The summed E-state index contributed by atoms with van der Waals surface area (Å²) >= 11 is 11.5. The highest BCUT2D eigenvalue weighted by atomic mass is 35.5. The Morgan fingerprint density at radius 3 is 2.88 bits per heavy atom. The predicted molar refractivity (Wildman–Crippen MR) is 65.9 cm³/mol. The van der Waals surface area contributed by atoms with Crippen molar-refractivity contribution >= 4 is 28.4 Å². The lowest BCUT2D eigenvalue weighted by atomic mass is 10.3. The Balaban J connectivity index is 2.62. The van der Waals surface area contributed by atoms with Gasteiger partial charge in [0, 0.05) is 6.20 Å². The van der Waals surface area contributed by atoms with Crippen LogP contribution in [0.2, 0.25) is 5.02 Å². The first-order chi connectivity index (χ1) is 8.13. The van der Waals surface area contributed by atoms with Gasteiger partial charge in [0.2, 0.25) is 0 Å². The predicted octanol–water partition coefficient (Wildman–Crippen LogP) is 2.86. The lowest BCUT2D eigenvalue weighted by Crippen LogP contribution is -2.07. The van der Waals surface area contributed by atoms with Crippen molar-refractivity contribution in [3.05, 3.63) is 40.8 Å². The second-order valence-corrected chi connectivity index (χ2v) is 4.12. The smallest absolute Gasteiger partial charge is 0.271 e. The average molecular weight is 270 g/mol. The van der Waals surface area contributed by atoms with Crippen molar-refractivity contribution in [2.75, 3.05) is 0 Å². The Morgan fingerprint density at radius 2 is 2.29 bits per heavy atom. The van der Waals surface area contributed by atoms with E-state index in [9.17, 15) is 4.79 Å². The standard InChI is InChI=1S/C11H9Cl2N3O/c1-2-7-6-9(10(13)17)16(15-7)11-8(12)4-3-5-14-11/h3-6H,2H2,1H3.